The van der Waals surface area contributed by atoms with Crippen LogP contribution in [0.2, 0.25) is 0 Å². The number of anilines is 1. The molecule has 88 valence electrons. The van der Waals surface area contributed by atoms with Crippen molar-refractivity contribution in [3.05, 3.63) is 28.7 Å². The number of hydrogen-bond donors (Lipinski definition) is 1. The Balaban J connectivity index is 1.64. The van der Waals surface area contributed by atoms with Crippen LogP contribution in [0.25, 0.3) is 0 Å². The molecule has 1 saturated heterocycles. The van der Waals surface area contributed by atoms with Gasteiger partial charge in [-0.25, -0.2) is 0 Å². The first-order valence-corrected chi connectivity index (χ1v) is 6.75. The minimum absolute atomic E-state index is 0.518. The fraction of sp³-hybridized carbons (Fsp3) is 0.538. The maximum atomic E-state index is 5.59. The molecule has 0 bridgehead atoms. The van der Waals surface area contributed by atoms with Gasteiger partial charge in [0.15, 0.2) is 0 Å². The molecule has 3 heteroatoms. The minimum Gasteiger partial charge on any atom is -0.385 e. The normalized spacial score (nSPS) is 19.9. The number of ether oxygens (including phenoxy) is 1. The van der Waals surface area contributed by atoms with Gasteiger partial charge in [0.25, 0.3) is 0 Å². The molecule has 1 aliphatic heterocycles. The fourth-order valence-electron chi connectivity index (χ4n) is 2.03. The van der Waals surface area contributed by atoms with Gasteiger partial charge in [0.05, 0.1) is 6.10 Å². The smallest absolute Gasteiger partial charge is 0.0576 e. The summed E-state index contributed by atoms with van der Waals surface area (Å²) in [6.45, 7) is 1.99. The Morgan fingerprint density at radius 1 is 1.44 bits per heavy atom. The molecule has 1 atom stereocenters. The molecule has 2 rings (SSSR count). The second-order valence-corrected chi connectivity index (χ2v) is 5.13. The Morgan fingerprint density at radius 2 is 2.38 bits per heavy atom. The summed E-state index contributed by atoms with van der Waals surface area (Å²) in [6, 6.07) is 8.28. The average molecular weight is 284 g/mol. The third-order valence-electron chi connectivity index (χ3n) is 2.88. The summed E-state index contributed by atoms with van der Waals surface area (Å²) in [5.41, 5.74) is 1.18. The number of hydrogen-bond acceptors (Lipinski definition) is 2. The second kappa shape index (κ2) is 6.26. The monoisotopic (exact) mass is 283 g/mol. The van der Waals surface area contributed by atoms with E-state index in [9.17, 15) is 0 Å². The lowest BCUT2D eigenvalue weighted by atomic mass is 10.1. The molecule has 2 nitrogen and oxygen atoms in total. The molecule has 1 fully saturated rings. The van der Waals surface area contributed by atoms with Crippen LogP contribution in [0, 0.1) is 0 Å². The number of benzene rings is 1. The molecule has 1 heterocycles. The van der Waals surface area contributed by atoms with Gasteiger partial charge in [0.2, 0.25) is 0 Å². The Hall–Kier alpha value is -0.540. The zero-order valence-electron chi connectivity index (χ0n) is 9.42. The van der Waals surface area contributed by atoms with Gasteiger partial charge in [0, 0.05) is 23.3 Å². The van der Waals surface area contributed by atoms with Gasteiger partial charge < -0.3 is 10.1 Å². The van der Waals surface area contributed by atoms with Gasteiger partial charge in [-0.3, -0.25) is 0 Å². The van der Waals surface area contributed by atoms with E-state index < -0.39 is 0 Å². The predicted molar refractivity (Wildman–Crippen MR) is 70.8 cm³/mol. The molecular formula is C13H18BrNO. The van der Waals surface area contributed by atoms with Crippen molar-refractivity contribution >= 4 is 21.6 Å². The van der Waals surface area contributed by atoms with Crippen molar-refractivity contribution in [3.8, 4) is 0 Å². The highest BCUT2D eigenvalue weighted by molar-refractivity contribution is 9.10. The summed E-state index contributed by atoms with van der Waals surface area (Å²) < 4.78 is 6.71. The highest BCUT2D eigenvalue weighted by Crippen LogP contribution is 2.18. The average Bonchev–Trinajstić information content (AvgIpc) is 2.77. The van der Waals surface area contributed by atoms with Crippen LogP contribution < -0.4 is 5.32 Å². The van der Waals surface area contributed by atoms with E-state index in [-0.39, 0.29) is 0 Å². The molecule has 0 aliphatic carbocycles. The van der Waals surface area contributed by atoms with E-state index in [1.807, 2.05) is 12.1 Å². The Morgan fingerprint density at radius 3 is 3.12 bits per heavy atom. The van der Waals surface area contributed by atoms with Crippen LogP contribution >= 0.6 is 15.9 Å². The number of rotatable bonds is 5. The molecule has 1 aliphatic rings. The minimum atomic E-state index is 0.518. The molecule has 1 unspecified atom stereocenters. The van der Waals surface area contributed by atoms with E-state index in [0.29, 0.717) is 6.10 Å². The molecular weight excluding hydrogens is 266 g/mol. The third-order valence-corrected chi connectivity index (χ3v) is 3.37. The number of nitrogens with one attached hydrogen (secondary N) is 1. The zero-order valence-corrected chi connectivity index (χ0v) is 11.0. The lowest BCUT2D eigenvalue weighted by Crippen LogP contribution is -2.08. The van der Waals surface area contributed by atoms with Gasteiger partial charge in [-0.2, -0.15) is 0 Å². The predicted octanol–water partition coefficient (Wildman–Crippen LogP) is 3.82. The Kier molecular flexibility index (Phi) is 4.67. The molecule has 0 aromatic heterocycles. The lowest BCUT2D eigenvalue weighted by Gasteiger charge is -2.10. The van der Waals surface area contributed by atoms with Crippen molar-refractivity contribution in [2.24, 2.45) is 0 Å². The summed E-state index contributed by atoms with van der Waals surface area (Å²) in [6.07, 6.45) is 5.36. The first-order chi connectivity index (χ1) is 7.84. The van der Waals surface area contributed by atoms with Gasteiger partial charge >= 0.3 is 0 Å². The highest BCUT2D eigenvalue weighted by atomic mass is 79.9. The molecule has 0 amide bonds. The van der Waals surface area contributed by atoms with Gasteiger partial charge in [-0.15, -0.1) is 0 Å². The van der Waals surface area contributed by atoms with Crippen molar-refractivity contribution in [2.45, 2.75) is 31.8 Å². The highest BCUT2D eigenvalue weighted by Gasteiger charge is 2.14. The van der Waals surface area contributed by atoms with Gasteiger partial charge in [-0.05, 0) is 43.9 Å². The topological polar surface area (TPSA) is 21.3 Å². The second-order valence-electron chi connectivity index (χ2n) is 4.21. The molecule has 0 radical (unpaired) electrons. The van der Waals surface area contributed by atoms with E-state index in [0.717, 1.165) is 17.6 Å². The standard InChI is InChI=1S/C13H18BrNO/c14-11-4-1-5-12(10-11)15-8-2-6-13-7-3-9-16-13/h1,4-5,10,13,15H,2-3,6-9H2. The summed E-state index contributed by atoms with van der Waals surface area (Å²) >= 11 is 3.46. The molecule has 0 spiro atoms. The van der Waals surface area contributed by atoms with Gasteiger partial charge in [0.1, 0.15) is 0 Å². The summed E-state index contributed by atoms with van der Waals surface area (Å²) in [7, 11) is 0. The van der Waals surface area contributed by atoms with Crippen LogP contribution in [0.1, 0.15) is 25.7 Å². The first-order valence-electron chi connectivity index (χ1n) is 5.95. The van der Waals surface area contributed by atoms with E-state index in [2.05, 4.69) is 33.4 Å². The summed E-state index contributed by atoms with van der Waals surface area (Å²) in [5, 5.41) is 3.42. The fourth-order valence-corrected chi connectivity index (χ4v) is 2.43. The Bertz CT molecular complexity index is 323. The lowest BCUT2D eigenvalue weighted by molar-refractivity contribution is 0.103. The third kappa shape index (κ3) is 3.80. The largest absolute Gasteiger partial charge is 0.385 e. The van der Waals surface area contributed by atoms with E-state index >= 15 is 0 Å². The van der Waals surface area contributed by atoms with Crippen molar-refractivity contribution in [1.29, 1.82) is 0 Å². The molecule has 16 heavy (non-hydrogen) atoms. The maximum absolute atomic E-state index is 5.59. The van der Waals surface area contributed by atoms with Crippen LogP contribution in [-0.2, 0) is 4.74 Å². The van der Waals surface area contributed by atoms with Crippen molar-refractivity contribution < 1.29 is 4.74 Å². The van der Waals surface area contributed by atoms with Crippen molar-refractivity contribution in [2.75, 3.05) is 18.5 Å². The molecule has 1 N–H and O–H groups in total. The summed E-state index contributed by atoms with van der Waals surface area (Å²) in [4.78, 5) is 0. The maximum Gasteiger partial charge on any atom is 0.0576 e. The van der Waals surface area contributed by atoms with E-state index in [4.69, 9.17) is 4.74 Å². The molecule has 0 saturated carbocycles. The zero-order chi connectivity index (χ0) is 11.2. The van der Waals surface area contributed by atoms with Crippen LogP contribution in [0.15, 0.2) is 28.7 Å². The van der Waals surface area contributed by atoms with Crippen LogP contribution in [0.4, 0.5) is 5.69 Å². The van der Waals surface area contributed by atoms with E-state index in [1.54, 1.807) is 0 Å². The van der Waals surface area contributed by atoms with Crippen molar-refractivity contribution in [1.82, 2.24) is 0 Å². The van der Waals surface area contributed by atoms with Crippen molar-refractivity contribution in [3.63, 3.8) is 0 Å². The molecule has 1 aromatic rings. The van der Waals surface area contributed by atoms with E-state index in [1.165, 1.54) is 31.4 Å². The number of halogens is 1. The Labute approximate surface area is 106 Å². The SMILES string of the molecule is Brc1cccc(NCCCC2CCCO2)c1. The quantitative estimate of drug-likeness (QED) is 0.830. The van der Waals surface area contributed by atoms with Crippen LogP contribution in [0.3, 0.4) is 0 Å². The summed E-state index contributed by atoms with van der Waals surface area (Å²) in [5.74, 6) is 0. The first kappa shape index (κ1) is 11.9. The van der Waals surface area contributed by atoms with Crippen LogP contribution in [0.5, 0.6) is 0 Å². The molecule has 1 aromatic carbocycles. The van der Waals surface area contributed by atoms with Gasteiger partial charge in [-0.1, -0.05) is 22.0 Å². The van der Waals surface area contributed by atoms with Crippen LogP contribution in [-0.4, -0.2) is 19.3 Å².